The van der Waals surface area contributed by atoms with Crippen LogP contribution in [0.4, 0.5) is 0 Å². The molecular weight excluding hydrogens is 428 g/mol. The summed E-state index contributed by atoms with van der Waals surface area (Å²) in [7, 11) is -3.18. The minimum Gasteiger partial charge on any atom is -0.483 e. The molecule has 0 unspecified atom stereocenters. The number of nitrogens with one attached hydrogen (secondary N) is 2. The lowest BCUT2D eigenvalue weighted by atomic mass is 10.0. The lowest BCUT2D eigenvalue weighted by Gasteiger charge is -2.26. The van der Waals surface area contributed by atoms with E-state index in [1.807, 2.05) is 19.2 Å². The molecule has 0 saturated heterocycles. The van der Waals surface area contributed by atoms with Gasteiger partial charge in [-0.15, -0.1) is 0 Å². The number of amides is 2. The van der Waals surface area contributed by atoms with Gasteiger partial charge in [0.25, 0.3) is 12.4 Å². The van der Waals surface area contributed by atoms with Crippen LogP contribution >= 0.6 is 0 Å². The monoisotopic (exact) mass is 454 g/mol. The first kappa shape index (κ1) is 24.1. The summed E-state index contributed by atoms with van der Waals surface area (Å²) in [6.45, 7) is 3.37. The highest BCUT2D eigenvalue weighted by molar-refractivity contribution is 7.90. The molecule has 2 aromatic rings. The summed E-state index contributed by atoms with van der Waals surface area (Å²) in [5.74, 6) is -0.647. The first-order chi connectivity index (χ1) is 14.6. The average molecular weight is 455 g/mol. The maximum absolute atomic E-state index is 12.4. The van der Waals surface area contributed by atoms with E-state index in [9.17, 15) is 18.0 Å². The normalized spacial score (nSPS) is 13.0. The van der Waals surface area contributed by atoms with E-state index in [-0.39, 0.29) is 30.5 Å². The van der Waals surface area contributed by atoms with Gasteiger partial charge in [-0.25, -0.2) is 8.42 Å². The number of nitrogens with zero attached hydrogens (tertiary/aromatic N) is 4. The van der Waals surface area contributed by atoms with Crippen LogP contribution < -0.4 is 5.32 Å². The van der Waals surface area contributed by atoms with Crippen LogP contribution in [0.15, 0.2) is 12.3 Å². The lowest BCUT2D eigenvalue weighted by Crippen LogP contribution is -2.37. The van der Waals surface area contributed by atoms with Crippen LogP contribution in [0.2, 0.25) is 0 Å². The van der Waals surface area contributed by atoms with Gasteiger partial charge >= 0.3 is 0 Å². The van der Waals surface area contributed by atoms with Gasteiger partial charge in [0.1, 0.15) is 9.84 Å². The summed E-state index contributed by atoms with van der Waals surface area (Å²) in [6, 6.07) is 1.90. The highest BCUT2D eigenvalue weighted by atomic mass is 32.2. The van der Waals surface area contributed by atoms with Gasteiger partial charge in [-0.2, -0.15) is 10.2 Å². The smallest absolute Gasteiger partial charge is 0.290 e. The summed E-state index contributed by atoms with van der Waals surface area (Å²) < 4.78 is 24.2. The van der Waals surface area contributed by atoms with Crippen LogP contribution in [0, 0.1) is 6.92 Å². The molecule has 2 aromatic heterocycles. The Morgan fingerprint density at radius 1 is 1.39 bits per heavy atom. The van der Waals surface area contributed by atoms with Gasteiger partial charge in [0.2, 0.25) is 5.91 Å². The van der Waals surface area contributed by atoms with Gasteiger partial charge in [0, 0.05) is 37.5 Å². The maximum atomic E-state index is 12.4. The van der Waals surface area contributed by atoms with E-state index >= 15 is 0 Å². The fourth-order valence-electron chi connectivity index (χ4n) is 3.10. The number of aromatic nitrogens is 4. The number of fused-ring (bicyclic) bond motifs is 1. The summed E-state index contributed by atoms with van der Waals surface area (Å²) in [5, 5.41) is 20.9. The molecule has 170 valence electrons. The highest BCUT2D eigenvalue weighted by Gasteiger charge is 2.27. The van der Waals surface area contributed by atoms with Crippen molar-refractivity contribution in [2.45, 2.75) is 32.9 Å². The first-order valence-corrected chi connectivity index (χ1v) is 11.6. The quantitative estimate of drug-likeness (QED) is 0.465. The van der Waals surface area contributed by atoms with Gasteiger partial charge in [-0.05, 0) is 19.4 Å². The lowest BCUT2D eigenvalue weighted by molar-refractivity contribution is -0.131. The minimum absolute atomic E-state index is 0.0391. The van der Waals surface area contributed by atoms with E-state index in [1.54, 1.807) is 9.58 Å². The predicted molar refractivity (Wildman–Crippen MR) is 110 cm³/mol. The van der Waals surface area contributed by atoms with Crippen LogP contribution in [0.25, 0.3) is 0 Å². The molecule has 0 spiro atoms. The van der Waals surface area contributed by atoms with Crippen LogP contribution in [0.3, 0.4) is 0 Å². The molecule has 0 saturated carbocycles. The molecule has 3 heterocycles. The number of carbonyl (C=O) groups excluding carboxylic acids is 2. The zero-order chi connectivity index (χ0) is 23.0. The number of sulfone groups is 1. The first-order valence-electron chi connectivity index (χ1n) is 9.52. The van der Waals surface area contributed by atoms with Gasteiger partial charge in [-0.3, -0.25) is 24.2 Å². The summed E-state index contributed by atoms with van der Waals surface area (Å²) in [5.41, 5.74) is 2.78. The second-order valence-corrected chi connectivity index (χ2v) is 9.32. The Bertz CT molecular complexity index is 1030. The molecule has 3 N–H and O–H groups in total. The highest BCUT2D eigenvalue weighted by Crippen LogP contribution is 2.20. The topological polar surface area (TPSA) is 167 Å². The summed E-state index contributed by atoms with van der Waals surface area (Å²) >= 11 is 0. The number of carbonyl (C=O) groups is 3. The maximum Gasteiger partial charge on any atom is 0.290 e. The second-order valence-electron chi connectivity index (χ2n) is 7.06. The number of aryl methyl sites for hydroxylation is 1. The van der Waals surface area contributed by atoms with Crippen molar-refractivity contribution < 1.29 is 27.9 Å². The van der Waals surface area contributed by atoms with Crippen molar-refractivity contribution >= 4 is 28.1 Å². The van der Waals surface area contributed by atoms with Crippen molar-refractivity contribution in [3.8, 4) is 0 Å². The molecule has 0 fully saturated rings. The van der Waals surface area contributed by atoms with Crippen LogP contribution in [-0.2, 0) is 38.9 Å². The zero-order valence-corrected chi connectivity index (χ0v) is 18.2. The Morgan fingerprint density at radius 3 is 2.71 bits per heavy atom. The Kier molecular flexibility index (Phi) is 8.30. The molecule has 1 aliphatic heterocycles. The molecule has 1 aliphatic rings. The standard InChI is InChI=1S/C17H24N6O4S.CH2O2/c1-12-3-8-23(21-12)9-6-18-17(25)16-13-4-7-22(11-14(13)19-20-16)15(24)5-10-28(2,26)27;2-1-3/h3,8H,4-7,9-11H2,1-2H3,(H,18,25)(H,19,20);1H,(H,2,3). The SMILES string of the molecule is Cc1ccn(CCNC(=O)c2n[nH]c3c2CCN(C(=O)CCS(C)(=O)=O)C3)n1.O=CO. The number of aromatic amines is 1. The second kappa shape index (κ2) is 10.7. The van der Waals surface area contributed by atoms with Crippen molar-refractivity contribution in [2.75, 3.05) is 25.1 Å². The molecule has 0 bridgehead atoms. The molecule has 13 heteroatoms. The summed E-state index contributed by atoms with van der Waals surface area (Å²) in [6.07, 6.45) is 3.43. The fourth-order valence-corrected chi connectivity index (χ4v) is 3.65. The number of H-pyrrole nitrogens is 1. The molecular formula is C18H26N6O6S. The minimum atomic E-state index is -3.18. The van der Waals surface area contributed by atoms with E-state index in [0.717, 1.165) is 17.5 Å². The van der Waals surface area contributed by atoms with Crippen molar-refractivity contribution in [1.82, 2.24) is 30.2 Å². The molecule has 31 heavy (non-hydrogen) atoms. The van der Waals surface area contributed by atoms with Crippen LogP contribution in [0.5, 0.6) is 0 Å². The molecule has 0 atom stereocenters. The van der Waals surface area contributed by atoms with Gasteiger partial charge in [-0.1, -0.05) is 0 Å². The van der Waals surface area contributed by atoms with E-state index in [1.165, 1.54) is 0 Å². The molecule has 12 nitrogen and oxygen atoms in total. The van der Waals surface area contributed by atoms with Crippen molar-refractivity contribution in [3.63, 3.8) is 0 Å². The molecule has 0 aromatic carbocycles. The third-order valence-electron chi connectivity index (χ3n) is 4.59. The van der Waals surface area contributed by atoms with Crippen LogP contribution in [0.1, 0.15) is 33.9 Å². The fraction of sp³-hybridized carbons (Fsp3) is 0.500. The molecule has 0 radical (unpaired) electrons. The number of hydrogen-bond donors (Lipinski definition) is 3. The average Bonchev–Trinajstić information content (AvgIpc) is 3.31. The van der Waals surface area contributed by atoms with E-state index in [0.29, 0.717) is 44.0 Å². The number of hydrogen-bond acceptors (Lipinski definition) is 7. The zero-order valence-electron chi connectivity index (χ0n) is 17.4. The third kappa shape index (κ3) is 7.20. The number of carboxylic acid groups (broad SMARTS) is 1. The molecule has 0 aliphatic carbocycles. The molecule has 3 rings (SSSR count). The Labute approximate surface area is 179 Å². The number of rotatable bonds is 7. The Balaban J connectivity index is 0.00000107. The van der Waals surface area contributed by atoms with Crippen LogP contribution in [-0.4, -0.2) is 81.8 Å². The predicted octanol–water partition coefficient (Wildman–Crippen LogP) is -0.635. The summed E-state index contributed by atoms with van der Waals surface area (Å²) in [4.78, 5) is 34.6. The van der Waals surface area contributed by atoms with Gasteiger partial charge in [0.15, 0.2) is 5.69 Å². The van der Waals surface area contributed by atoms with E-state index in [4.69, 9.17) is 9.90 Å². The Morgan fingerprint density at radius 2 is 2.10 bits per heavy atom. The van der Waals surface area contributed by atoms with Gasteiger partial charge < -0.3 is 15.3 Å². The van der Waals surface area contributed by atoms with E-state index in [2.05, 4.69) is 20.6 Å². The van der Waals surface area contributed by atoms with Crippen molar-refractivity contribution in [3.05, 3.63) is 34.9 Å². The third-order valence-corrected chi connectivity index (χ3v) is 5.53. The van der Waals surface area contributed by atoms with Crippen molar-refractivity contribution in [2.24, 2.45) is 0 Å². The molecule has 2 amide bonds. The Hall–Kier alpha value is -3.22. The van der Waals surface area contributed by atoms with Gasteiger partial charge in [0.05, 0.1) is 30.2 Å². The van der Waals surface area contributed by atoms with E-state index < -0.39 is 9.84 Å². The van der Waals surface area contributed by atoms with Crippen molar-refractivity contribution in [1.29, 1.82) is 0 Å². The largest absolute Gasteiger partial charge is 0.483 e.